The van der Waals surface area contributed by atoms with Gasteiger partial charge in [0.25, 0.3) is 11.0 Å². The zero-order valence-corrected chi connectivity index (χ0v) is 18.8. The lowest BCUT2D eigenvalue weighted by atomic mass is 10.2. The summed E-state index contributed by atoms with van der Waals surface area (Å²) in [4.78, 5) is -0.211. The number of sulfone groups is 1. The van der Waals surface area contributed by atoms with Crippen LogP contribution in [0.4, 0.5) is 5.69 Å². The molecule has 3 aromatic carbocycles. The number of hydroxylamine groups is 1. The van der Waals surface area contributed by atoms with Crippen LogP contribution in [0, 0.1) is 11.3 Å². The molecule has 33 heavy (non-hydrogen) atoms. The molecule has 0 aliphatic heterocycles. The van der Waals surface area contributed by atoms with Crippen LogP contribution in [0.1, 0.15) is 5.56 Å². The highest BCUT2D eigenvalue weighted by Crippen LogP contribution is 2.29. The summed E-state index contributed by atoms with van der Waals surface area (Å²) < 4.78 is 54.6. The molecule has 4 rings (SSSR count). The third kappa shape index (κ3) is 4.40. The minimum atomic E-state index is -4.02. The SMILES string of the molecule is CN(O[SH](=O)=O)c1ccc2ccn(-c3cccc(S(=O)(=O)c4cc(O)cc(C#N)c4)c3)c2c1. The van der Waals surface area contributed by atoms with E-state index in [0.717, 1.165) is 16.5 Å². The van der Waals surface area contributed by atoms with E-state index in [0.29, 0.717) is 16.9 Å². The molecule has 1 heterocycles. The molecule has 0 bridgehead atoms. The van der Waals surface area contributed by atoms with E-state index in [-0.39, 0.29) is 21.1 Å². The van der Waals surface area contributed by atoms with E-state index >= 15 is 0 Å². The van der Waals surface area contributed by atoms with Crippen molar-refractivity contribution in [3.63, 3.8) is 0 Å². The normalized spacial score (nSPS) is 11.5. The van der Waals surface area contributed by atoms with Gasteiger partial charge >= 0.3 is 0 Å². The van der Waals surface area contributed by atoms with Gasteiger partial charge in [-0.05, 0) is 54.6 Å². The molecule has 168 valence electrons. The Kier molecular flexibility index (Phi) is 5.82. The highest BCUT2D eigenvalue weighted by atomic mass is 32.2. The number of thiol groups is 1. The number of hydrogen-bond donors (Lipinski definition) is 2. The standard InChI is InChI=1S/C22H17N3O6S2/c1-24(31-32(27)28)17-6-5-16-7-8-25(22(16)12-17)18-3-2-4-20(11-18)33(29,30)21-10-15(14-23)9-19(26)13-21/h2-13,26,32H,1H3. The van der Waals surface area contributed by atoms with Gasteiger partial charge in [-0.3, -0.25) is 0 Å². The van der Waals surface area contributed by atoms with Crippen molar-refractivity contribution in [1.82, 2.24) is 4.57 Å². The van der Waals surface area contributed by atoms with Crippen LogP contribution in [-0.4, -0.2) is 33.6 Å². The molecule has 1 aromatic heterocycles. The summed E-state index contributed by atoms with van der Waals surface area (Å²) in [5.41, 5.74) is 1.75. The minimum absolute atomic E-state index is 0.0173. The first kappa shape index (κ1) is 22.3. The molecule has 0 aliphatic rings. The number of phenolic OH excluding ortho intramolecular Hbond substituents is 1. The molecule has 0 aliphatic carbocycles. The summed E-state index contributed by atoms with van der Waals surface area (Å²) in [5, 5.41) is 20.9. The second-order valence-electron chi connectivity index (χ2n) is 7.06. The van der Waals surface area contributed by atoms with Crippen molar-refractivity contribution < 1.29 is 26.2 Å². The van der Waals surface area contributed by atoms with E-state index in [2.05, 4.69) is 0 Å². The predicted octanol–water partition coefficient (Wildman–Crippen LogP) is 2.93. The molecule has 0 atom stereocenters. The second-order valence-corrected chi connectivity index (χ2v) is 9.62. The Morgan fingerprint density at radius 3 is 2.55 bits per heavy atom. The molecule has 11 heteroatoms. The first-order valence-corrected chi connectivity index (χ1v) is 12.0. The van der Waals surface area contributed by atoms with Gasteiger partial charge in [0.1, 0.15) is 5.75 Å². The average Bonchev–Trinajstić information content (AvgIpc) is 3.21. The zero-order chi connectivity index (χ0) is 23.8. The van der Waals surface area contributed by atoms with Gasteiger partial charge in [0, 0.05) is 24.3 Å². The number of nitrogens with zero attached hydrogens (tertiary/aromatic N) is 3. The van der Waals surface area contributed by atoms with Gasteiger partial charge in [0.2, 0.25) is 9.84 Å². The highest BCUT2D eigenvalue weighted by Gasteiger charge is 2.20. The Bertz CT molecular complexity index is 1590. The number of phenols is 1. The minimum Gasteiger partial charge on any atom is -0.508 e. The first-order valence-electron chi connectivity index (χ1n) is 9.46. The molecule has 0 fully saturated rings. The number of rotatable bonds is 6. The van der Waals surface area contributed by atoms with Gasteiger partial charge in [-0.1, -0.05) is 12.1 Å². The van der Waals surface area contributed by atoms with Crippen LogP contribution in [-0.2, 0) is 25.1 Å². The molecule has 0 unspecified atom stereocenters. The predicted molar refractivity (Wildman–Crippen MR) is 121 cm³/mol. The number of anilines is 1. The van der Waals surface area contributed by atoms with Crippen LogP contribution in [0.2, 0.25) is 0 Å². The summed E-state index contributed by atoms with van der Waals surface area (Å²) in [6.45, 7) is 0. The third-order valence-electron chi connectivity index (χ3n) is 4.97. The Morgan fingerprint density at radius 1 is 1.03 bits per heavy atom. The summed E-state index contributed by atoms with van der Waals surface area (Å²) in [6.07, 6.45) is 1.76. The maximum Gasteiger partial charge on any atom is 0.277 e. The highest BCUT2D eigenvalue weighted by molar-refractivity contribution is 7.91. The van der Waals surface area contributed by atoms with E-state index < -0.39 is 20.8 Å². The molecule has 0 radical (unpaired) electrons. The quantitative estimate of drug-likeness (QED) is 0.316. The molecule has 9 nitrogen and oxygen atoms in total. The summed E-state index contributed by atoms with van der Waals surface area (Å²) in [5.74, 6) is -0.320. The fraction of sp³-hybridized carbons (Fsp3) is 0.0455. The lowest BCUT2D eigenvalue weighted by Gasteiger charge is -2.15. The van der Waals surface area contributed by atoms with Gasteiger partial charge in [-0.2, -0.15) is 9.55 Å². The van der Waals surface area contributed by atoms with E-state index in [9.17, 15) is 21.9 Å². The number of aromatic nitrogens is 1. The van der Waals surface area contributed by atoms with E-state index in [4.69, 9.17) is 9.55 Å². The van der Waals surface area contributed by atoms with E-state index in [1.807, 2.05) is 12.1 Å². The van der Waals surface area contributed by atoms with Gasteiger partial charge in [-0.15, -0.1) is 0 Å². The molecular formula is C22H17N3O6S2. The second kappa shape index (κ2) is 8.59. The van der Waals surface area contributed by atoms with Crippen LogP contribution >= 0.6 is 0 Å². The molecule has 0 amide bonds. The van der Waals surface area contributed by atoms with Crippen LogP contribution in [0.15, 0.2) is 82.7 Å². The van der Waals surface area contributed by atoms with E-state index in [1.54, 1.807) is 41.1 Å². The number of nitriles is 1. The smallest absolute Gasteiger partial charge is 0.277 e. The van der Waals surface area contributed by atoms with Gasteiger partial charge in [0.05, 0.1) is 32.6 Å². The van der Waals surface area contributed by atoms with Crippen molar-refractivity contribution in [2.24, 2.45) is 0 Å². The number of hydrogen-bond acceptors (Lipinski definition) is 8. The molecule has 1 N–H and O–H groups in total. The Balaban J connectivity index is 1.80. The fourth-order valence-electron chi connectivity index (χ4n) is 3.42. The van der Waals surface area contributed by atoms with Gasteiger partial charge in [0.15, 0.2) is 0 Å². The first-order chi connectivity index (χ1) is 15.7. The van der Waals surface area contributed by atoms with Crippen LogP contribution < -0.4 is 5.06 Å². The topological polar surface area (TPSA) is 130 Å². The largest absolute Gasteiger partial charge is 0.508 e. The average molecular weight is 484 g/mol. The van der Waals surface area contributed by atoms with E-state index in [1.165, 1.54) is 31.3 Å². The summed E-state index contributed by atoms with van der Waals surface area (Å²) in [7, 11) is -5.64. The molecule has 0 spiro atoms. The lowest BCUT2D eigenvalue weighted by molar-refractivity contribution is 0.320. The van der Waals surface area contributed by atoms with Gasteiger partial charge < -0.3 is 9.67 Å². The molecule has 4 aromatic rings. The number of aromatic hydroxyl groups is 1. The van der Waals surface area contributed by atoms with Crippen molar-refractivity contribution in [3.05, 3.63) is 78.5 Å². The van der Waals surface area contributed by atoms with Crippen molar-refractivity contribution in [2.75, 3.05) is 12.1 Å². The summed E-state index contributed by atoms with van der Waals surface area (Å²) in [6, 6.07) is 18.6. The Hall–Kier alpha value is -3.85. The Labute approximate surface area is 191 Å². The van der Waals surface area contributed by atoms with Crippen molar-refractivity contribution in [3.8, 4) is 17.5 Å². The number of fused-ring (bicyclic) bond motifs is 1. The molecule has 0 saturated heterocycles. The zero-order valence-electron chi connectivity index (χ0n) is 17.1. The van der Waals surface area contributed by atoms with Crippen LogP contribution in [0.3, 0.4) is 0 Å². The molecule has 0 saturated carbocycles. The van der Waals surface area contributed by atoms with Crippen molar-refractivity contribution >= 4 is 37.4 Å². The van der Waals surface area contributed by atoms with Crippen molar-refractivity contribution in [1.29, 1.82) is 5.26 Å². The maximum absolute atomic E-state index is 13.2. The van der Waals surface area contributed by atoms with Crippen molar-refractivity contribution in [2.45, 2.75) is 9.79 Å². The monoisotopic (exact) mass is 483 g/mol. The van der Waals surface area contributed by atoms with Crippen LogP contribution in [0.5, 0.6) is 5.75 Å². The summed E-state index contributed by atoms with van der Waals surface area (Å²) >= 11 is 0. The van der Waals surface area contributed by atoms with Crippen LogP contribution in [0.25, 0.3) is 16.6 Å². The fourth-order valence-corrected chi connectivity index (χ4v) is 5.08. The Morgan fingerprint density at radius 2 is 1.82 bits per heavy atom. The number of benzene rings is 3. The van der Waals surface area contributed by atoms with Gasteiger partial charge in [-0.25, -0.2) is 21.9 Å². The molecular weight excluding hydrogens is 466 g/mol. The maximum atomic E-state index is 13.2. The third-order valence-corrected chi connectivity index (χ3v) is 7.08. The lowest BCUT2D eigenvalue weighted by Crippen LogP contribution is -2.16.